The summed E-state index contributed by atoms with van der Waals surface area (Å²) in [5, 5.41) is 2.16. The number of benzene rings is 2. The molecule has 0 unspecified atom stereocenters. The molecule has 7 heteroatoms. The number of aromatic nitrogens is 2. The maximum atomic E-state index is 13.4. The van der Waals surface area contributed by atoms with Crippen molar-refractivity contribution in [1.82, 2.24) is 14.9 Å². The Morgan fingerprint density at radius 2 is 1.36 bits per heavy atom. The normalized spacial score (nSPS) is 16.4. The largest absolute Gasteiger partial charge is 0.368 e. The average molecular weight is 479 g/mol. The molecule has 6 rings (SSSR count). The van der Waals surface area contributed by atoms with Gasteiger partial charge in [0.1, 0.15) is 11.6 Å². The zero-order valence-electron chi connectivity index (χ0n) is 20.3. The van der Waals surface area contributed by atoms with Crippen molar-refractivity contribution >= 4 is 34.0 Å². The summed E-state index contributed by atoms with van der Waals surface area (Å²) in [5.41, 5.74) is 1.99. The van der Waals surface area contributed by atoms with Crippen molar-refractivity contribution in [3.05, 3.63) is 90.8 Å². The summed E-state index contributed by atoms with van der Waals surface area (Å²) in [6.07, 6.45) is 3.69. The zero-order valence-corrected chi connectivity index (χ0v) is 20.3. The van der Waals surface area contributed by atoms with Crippen LogP contribution in [0.5, 0.6) is 0 Å². The molecule has 0 spiro atoms. The minimum absolute atomic E-state index is 0.0845. The van der Waals surface area contributed by atoms with Gasteiger partial charge in [-0.25, -0.2) is 9.97 Å². The third-order valence-electron chi connectivity index (χ3n) is 7.23. The van der Waals surface area contributed by atoms with E-state index in [0.29, 0.717) is 13.1 Å². The molecule has 2 saturated heterocycles. The van der Waals surface area contributed by atoms with Gasteiger partial charge in [0.25, 0.3) is 5.91 Å². The van der Waals surface area contributed by atoms with E-state index in [4.69, 9.17) is 4.98 Å². The summed E-state index contributed by atoms with van der Waals surface area (Å²) in [6.45, 7) is 6.64. The number of carbonyl (C=O) groups excluding carboxylic acids is 1. The van der Waals surface area contributed by atoms with Crippen molar-refractivity contribution in [2.24, 2.45) is 0 Å². The molecule has 2 aromatic carbocycles. The molecule has 4 heterocycles. The van der Waals surface area contributed by atoms with Crippen molar-refractivity contribution in [2.75, 3.05) is 67.1 Å². The van der Waals surface area contributed by atoms with E-state index in [0.717, 1.165) is 67.2 Å². The van der Waals surface area contributed by atoms with Crippen LogP contribution in [0.25, 0.3) is 10.8 Å². The second kappa shape index (κ2) is 9.85. The summed E-state index contributed by atoms with van der Waals surface area (Å²) in [6, 6.07) is 24.6. The van der Waals surface area contributed by atoms with E-state index >= 15 is 0 Å². The Morgan fingerprint density at radius 3 is 2.11 bits per heavy atom. The first-order valence-electron chi connectivity index (χ1n) is 12.7. The van der Waals surface area contributed by atoms with Crippen LogP contribution in [-0.4, -0.2) is 73.1 Å². The summed E-state index contributed by atoms with van der Waals surface area (Å²) >= 11 is 0. The van der Waals surface area contributed by atoms with Crippen LogP contribution in [-0.2, 0) is 0 Å². The molecule has 0 N–H and O–H groups in total. The lowest BCUT2D eigenvalue weighted by Gasteiger charge is -2.37. The lowest BCUT2D eigenvalue weighted by atomic mass is 10.1. The number of amides is 1. The minimum atomic E-state index is 0.0845. The van der Waals surface area contributed by atoms with Gasteiger partial charge in [0, 0.05) is 81.4 Å². The number of fused-ring (bicyclic) bond motifs is 1. The van der Waals surface area contributed by atoms with Crippen molar-refractivity contribution < 1.29 is 4.79 Å². The molecule has 0 bridgehead atoms. The number of rotatable bonds is 4. The number of hydrogen-bond acceptors (Lipinski definition) is 6. The fraction of sp³-hybridized carbons (Fsp3) is 0.276. The fourth-order valence-corrected chi connectivity index (χ4v) is 5.22. The van der Waals surface area contributed by atoms with Crippen LogP contribution in [0.1, 0.15) is 10.4 Å². The van der Waals surface area contributed by atoms with Gasteiger partial charge in [-0.15, -0.1) is 0 Å². The van der Waals surface area contributed by atoms with Crippen molar-refractivity contribution in [2.45, 2.75) is 0 Å². The number of hydrogen-bond donors (Lipinski definition) is 0. The van der Waals surface area contributed by atoms with Gasteiger partial charge in [-0.05, 0) is 47.9 Å². The number of para-hydroxylation sites is 1. The summed E-state index contributed by atoms with van der Waals surface area (Å²) < 4.78 is 0. The van der Waals surface area contributed by atoms with E-state index in [9.17, 15) is 4.79 Å². The van der Waals surface area contributed by atoms with Gasteiger partial charge in [-0.3, -0.25) is 4.79 Å². The maximum absolute atomic E-state index is 13.4. The van der Waals surface area contributed by atoms with Crippen molar-refractivity contribution in [3.63, 3.8) is 0 Å². The molecular formula is C29H30N6O. The van der Waals surface area contributed by atoms with E-state index in [2.05, 4.69) is 56.1 Å². The number of pyridine rings is 2. The van der Waals surface area contributed by atoms with Crippen LogP contribution in [0.15, 0.2) is 85.2 Å². The standard InChI is InChI=1S/C29H30N6O/c36-29(35-20-16-33(17-21-35)27-8-4-5-12-30-27)24-10-9-23-11-13-31-28(26(23)22-24)34-18-14-32(15-19-34)25-6-2-1-3-7-25/h1-13,22H,14-21H2. The van der Waals surface area contributed by atoms with Gasteiger partial charge in [-0.1, -0.05) is 30.3 Å². The second-order valence-electron chi connectivity index (χ2n) is 9.35. The lowest BCUT2D eigenvalue weighted by molar-refractivity contribution is 0.0746. The van der Waals surface area contributed by atoms with E-state index in [1.807, 2.05) is 53.7 Å². The summed E-state index contributed by atoms with van der Waals surface area (Å²) in [7, 11) is 0. The molecule has 2 aromatic heterocycles. The van der Waals surface area contributed by atoms with Gasteiger partial charge in [-0.2, -0.15) is 0 Å². The summed E-state index contributed by atoms with van der Waals surface area (Å²) in [4.78, 5) is 31.6. The predicted octanol–water partition coefficient (Wildman–Crippen LogP) is 3.92. The minimum Gasteiger partial charge on any atom is -0.368 e. The Morgan fingerprint density at radius 1 is 0.639 bits per heavy atom. The third kappa shape index (κ3) is 4.44. The zero-order chi connectivity index (χ0) is 24.3. The first-order chi connectivity index (χ1) is 17.8. The molecule has 0 atom stereocenters. The molecule has 2 aliphatic rings. The van der Waals surface area contributed by atoms with E-state index in [-0.39, 0.29) is 5.91 Å². The Bertz CT molecular complexity index is 1330. The lowest BCUT2D eigenvalue weighted by Crippen LogP contribution is -2.49. The van der Waals surface area contributed by atoms with Crippen molar-refractivity contribution in [3.8, 4) is 0 Å². The Hall–Kier alpha value is -4.13. The van der Waals surface area contributed by atoms with E-state index in [1.165, 1.54) is 5.69 Å². The highest BCUT2D eigenvalue weighted by Crippen LogP contribution is 2.28. The molecule has 182 valence electrons. The molecule has 1 amide bonds. The Labute approximate surface area is 211 Å². The van der Waals surface area contributed by atoms with Gasteiger partial charge in [0.15, 0.2) is 0 Å². The van der Waals surface area contributed by atoms with Crippen molar-refractivity contribution in [1.29, 1.82) is 0 Å². The SMILES string of the molecule is O=C(c1ccc2ccnc(N3CCN(c4ccccc4)CC3)c2c1)N1CCN(c2ccccn2)CC1. The number of carbonyl (C=O) groups is 1. The van der Waals surface area contributed by atoms with Crippen LogP contribution in [0.3, 0.4) is 0 Å². The number of nitrogens with zero attached hydrogens (tertiary/aromatic N) is 6. The molecule has 4 aromatic rings. The number of piperazine rings is 2. The quantitative estimate of drug-likeness (QED) is 0.443. The van der Waals surface area contributed by atoms with E-state index in [1.54, 1.807) is 0 Å². The molecule has 0 radical (unpaired) electrons. The monoisotopic (exact) mass is 478 g/mol. The average Bonchev–Trinajstić information content (AvgIpc) is 2.97. The first kappa shape index (κ1) is 22.3. The molecule has 36 heavy (non-hydrogen) atoms. The van der Waals surface area contributed by atoms with Gasteiger partial charge in [0.2, 0.25) is 0 Å². The Kier molecular flexibility index (Phi) is 6.11. The van der Waals surface area contributed by atoms with E-state index < -0.39 is 0 Å². The first-order valence-corrected chi connectivity index (χ1v) is 12.7. The van der Waals surface area contributed by atoms with Crippen LogP contribution < -0.4 is 14.7 Å². The topological polar surface area (TPSA) is 55.8 Å². The van der Waals surface area contributed by atoms with Gasteiger partial charge in [0.05, 0.1) is 0 Å². The van der Waals surface area contributed by atoms with Crippen LogP contribution in [0.2, 0.25) is 0 Å². The third-order valence-corrected chi connectivity index (χ3v) is 7.23. The van der Waals surface area contributed by atoms with Crippen LogP contribution in [0, 0.1) is 0 Å². The smallest absolute Gasteiger partial charge is 0.253 e. The highest BCUT2D eigenvalue weighted by molar-refractivity contribution is 6.01. The molecule has 2 fully saturated rings. The second-order valence-corrected chi connectivity index (χ2v) is 9.35. The van der Waals surface area contributed by atoms with Crippen LogP contribution >= 0.6 is 0 Å². The highest BCUT2D eigenvalue weighted by Gasteiger charge is 2.24. The van der Waals surface area contributed by atoms with Crippen LogP contribution in [0.4, 0.5) is 17.3 Å². The van der Waals surface area contributed by atoms with Gasteiger partial charge < -0.3 is 19.6 Å². The van der Waals surface area contributed by atoms with Gasteiger partial charge >= 0.3 is 0 Å². The fourth-order valence-electron chi connectivity index (χ4n) is 5.22. The molecule has 0 aliphatic carbocycles. The summed E-state index contributed by atoms with van der Waals surface area (Å²) in [5.74, 6) is 2.02. The number of anilines is 3. The maximum Gasteiger partial charge on any atom is 0.253 e. The predicted molar refractivity (Wildman–Crippen MR) is 145 cm³/mol. The molecule has 2 aliphatic heterocycles. The molecular weight excluding hydrogens is 448 g/mol. The highest BCUT2D eigenvalue weighted by atomic mass is 16.2. The Balaban J connectivity index is 1.17. The molecule has 0 saturated carbocycles. The molecule has 7 nitrogen and oxygen atoms in total.